The fraction of sp³-hybridized carbons (Fsp3) is 0.769. The summed E-state index contributed by atoms with van der Waals surface area (Å²) in [5.41, 5.74) is 0.830. The van der Waals surface area contributed by atoms with Crippen LogP contribution in [0, 0.1) is 0 Å². The Morgan fingerprint density at radius 1 is 1.42 bits per heavy atom. The fourth-order valence-corrected chi connectivity index (χ4v) is 3.19. The minimum Gasteiger partial charge on any atom is -0.332 e. The van der Waals surface area contributed by atoms with E-state index in [1.807, 2.05) is 11.8 Å². The summed E-state index contributed by atoms with van der Waals surface area (Å²) in [5, 5.41) is 7.55. The van der Waals surface area contributed by atoms with Gasteiger partial charge in [0.2, 0.25) is 0 Å². The predicted molar refractivity (Wildman–Crippen MR) is 76.5 cm³/mol. The molecular formula is C13H22N4OS. The van der Waals surface area contributed by atoms with Gasteiger partial charge in [-0.1, -0.05) is 25.3 Å². The zero-order valence-corrected chi connectivity index (χ0v) is 12.7. The molecule has 0 aromatic carbocycles. The fourth-order valence-electron chi connectivity index (χ4n) is 2.48. The lowest BCUT2D eigenvalue weighted by Gasteiger charge is -2.39. The minimum absolute atomic E-state index is 0.110. The number of rotatable bonds is 4. The smallest absolute Gasteiger partial charge is 0.267 e. The lowest BCUT2D eigenvalue weighted by Crippen LogP contribution is -2.57. The van der Waals surface area contributed by atoms with Crippen LogP contribution >= 0.6 is 11.5 Å². The van der Waals surface area contributed by atoms with Crippen molar-refractivity contribution < 1.29 is 4.79 Å². The maximum Gasteiger partial charge on any atom is 0.267 e. The van der Waals surface area contributed by atoms with Gasteiger partial charge in [0, 0.05) is 25.2 Å². The van der Waals surface area contributed by atoms with Gasteiger partial charge in [0.25, 0.3) is 5.91 Å². The van der Waals surface area contributed by atoms with E-state index >= 15 is 0 Å². The first-order valence-electron chi connectivity index (χ1n) is 7.06. The van der Waals surface area contributed by atoms with Crippen molar-refractivity contribution in [3.8, 4) is 0 Å². The van der Waals surface area contributed by atoms with E-state index in [4.69, 9.17) is 0 Å². The second-order valence-electron chi connectivity index (χ2n) is 4.94. The zero-order valence-electron chi connectivity index (χ0n) is 11.8. The summed E-state index contributed by atoms with van der Waals surface area (Å²) in [6.07, 6.45) is 2.78. The van der Waals surface area contributed by atoms with Crippen LogP contribution in [0.5, 0.6) is 0 Å². The number of aromatic nitrogens is 2. The number of hydrogen-bond donors (Lipinski definition) is 1. The molecule has 2 atom stereocenters. The predicted octanol–water partition coefficient (Wildman–Crippen LogP) is 1.70. The van der Waals surface area contributed by atoms with E-state index in [9.17, 15) is 4.79 Å². The van der Waals surface area contributed by atoms with Crippen LogP contribution in [0.4, 0.5) is 0 Å². The molecule has 0 spiro atoms. The van der Waals surface area contributed by atoms with Crippen LogP contribution in [0.3, 0.4) is 0 Å². The van der Waals surface area contributed by atoms with E-state index in [2.05, 4.69) is 28.8 Å². The van der Waals surface area contributed by atoms with Gasteiger partial charge < -0.3 is 10.2 Å². The number of aryl methyl sites for hydroxylation is 1. The summed E-state index contributed by atoms with van der Waals surface area (Å²) < 4.78 is 3.93. The van der Waals surface area contributed by atoms with Gasteiger partial charge >= 0.3 is 0 Å². The highest BCUT2D eigenvalue weighted by Crippen LogP contribution is 2.20. The average molecular weight is 282 g/mol. The Bertz CT molecular complexity index is 434. The molecule has 106 valence electrons. The van der Waals surface area contributed by atoms with Crippen LogP contribution in [-0.4, -0.2) is 45.6 Å². The minimum atomic E-state index is 0.110. The average Bonchev–Trinajstić information content (AvgIpc) is 2.94. The van der Waals surface area contributed by atoms with Crippen molar-refractivity contribution in [2.45, 2.75) is 52.1 Å². The summed E-state index contributed by atoms with van der Waals surface area (Å²) in [6.45, 7) is 7.96. The van der Waals surface area contributed by atoms with Gasteiger partial charge in [-0.25, -0.2) is 0 Å². The molecule has 19 heavy (non-hydrogen) atoms. The lowest BCUT2D eigenvalue weighted by atomic mass is 10.0. The summed E-state index contributed by atoms with van der Waals surface area (Å²) >= 11 is 1.22. The normalized spacial score (nSPS) is 23.6. The van der Waals surface area contributed by atoms with Crippen molar-refractivity contribution in [2.75, 3.05) is 13.1 Å². The second kappa shape index (κ2) is 6.43. The number of piperazine rings is 1. The van der Waals surface area contributed by atoms with E-state index in [0.29, 0.717) is 6.04 Å². The van der Waals surface area contributed by atoms with Gasteiger partial charge in [-0.2, -0.15) is 0 Å². The monoisotopic (exact) mass is 282 g/mol. The standard InChI is InChI=1S/C13H22N4OS/c1-4-9-8-17(10(5-2)7-14-9)13(18)12-11(6-3)15-16-19-12/h9-10,14H,4-8H2,1-3H3. The van der Waals surface area contributed by atoms with Gasteiger partial charge in [0.1, 0.15) is 4.88 Å². The van der Waals surface area contributed by atoms with Crippen LogP contribution in [0.25, 0.3) is 0 Å². The highest BCUT2D eigenvalue weighted by molar-refractivity contribution is 7.08. The molecule has 0 saturated carbocycles. The molecule has 1 N–H and O–H groups in total. The third kappa shape index (κ3) is 2.95. The van der Waals surface area contributed by atoms with Crippen LogP contribution in [0.2, 0.25) is 0 Å². The molecule has 0 aliphatic carbocycles. The summed E-state index contributed by atoms with van der Waals surface area (Å²) in [5.74, 6) is 0.110. The molecule has 1 aromatic rings. The highest BCUT2D eigenvalue weighted by atomic mass is 32.1. The Kier molecular flexibility index (Phi) is 4.87. The number of amides is 1. The zero-order chi connectivity index (χ0) is 13.8. The summed E-state index contributed by atoms with van der Waals surface area (Å²) in [4.78, 5) is 15.4. The molecule has 1 fully saturated rings. The first-order chi connectivity index (χ1) is 9.21. The molecule has 1 aliphatic rings. The maximum absolute atomic E-state index is 12.7. The number of carbonyl (C=O) groups excluding carboxylic acids is 1. The van der Waals surface area contributed by atoms with Gasteiger partial charge in [-0.05, 0) is 30.8 Å². The van der Waals surface area contributed by atoms with Crippen molar-refractivity contribution in [2.24, 2.45) is 0 Å². The second-order valence-corrected chi connectivity index (χ2v) is 5.69. The van der Waals surface area contributed by atoms with Crippen LogP contribution < -0.4 is 5.32 Å². The first-order valence-corrected chi connectivity index (χ1v) is 7.84. The molecule has 1 aromatic heterocycles. The number of carbonyl (C=O) groups is 1. The molecule has 6 heteroatoms. The summed E-state index contributed by atoms with van der Waals surface area (Å²) in [7, 11) is 0. The molecule has 5 nitrogen and oxygen atoms in total. The van der Waals surface area contributed by atoms with E-state index in [-0.39, 0.29) is 11.9 Å². The first kappa shape index (κ1) is 14.4. The lowest BCUT2D eigenvalue weighted by molar-refractivity contribution is 0.0579. The molecule has 0 radical (unpaired) electrons. The number of nitrogens with one attached hydrogen (secondary N) is 1. The molecule has 1 amide bonds. The quantitative estimate of drug-likeness (QED) is 0.913. The Hall–Kier alpha value is -1.01. The Morgan fingerprint density at radius 3 is 2.84 bits per heavy atom. The van der Waals surface area contributed by atoms with E-state index < -0.39 is 0 Å². The SMILES string of the molecule is CCc1nnsc1C(=O)N1CC(CC)NCC1CC. The van der Waals surface area contributed by atoms with E-state index in [1.165, 1.54) is 11.5 Å². The van der Waals surface area contributed by atoms with Crippen molar-refractivity contribution >= 4 is 17.4 Å². The van der Waals surface area contributed by atoms with Gasteiger partial charge in [0.15, 0.2) is 0 Å². The molecule has 1 saturated heterocycles. The molecular weight excluding hydrogens is 260 g/mol. The Morgan fingerprint density at radius 2 is 2.21 bits per heavy atom. The third-order valence-corrected chi connectivity index (χ3v) is 4.57. The number of hydrogen-bond acceptors (Lipinski definition) is 5. The van der Waals surface area contributed by atoms with Gasteiger partial charge in [-0.15, -0.1) is 5.10 Å². The van der Waals surface area contributed by atoms with Crippen molar-refractivity contribution in [1.82, 2.24) is 19.8 Å². The Balaban J connectivity index is 2.19. The highest BCUT2D eigenvalue weighted by Gasteiger charge is 2.32. The van der Waals surface area contributed by atoms with E-state index in [1.54, 1.807) is 0 Å². The molecule has 2 unspecified atom stereocenters. The Labute approximate surface area is 118 Å². The maximum atomic E-state index is 12.7. The van der Waals surface area contributed by atoms with Crippen LogP contribution in [-0.2, 0) is 6.42 Å². The summed E-state index contributed by atoms with van der Waals surface area (Å²) in [6, 6.07) is 0.680. The molecule has 2 rings (SSSR count). The molecule has 2 heterocycles. The van der Waals surface area contributed by atoms with Gasteiger partial charge in [0.05, 0.1) is 5.69 Å². The van der Waals surface area contributed by atoms with Crippen LogP contribution in [0.15, 0.2) is 0 Å². The molecule has 0 bridgehead atoms. The van der Waals surface area contributed by atoms with Crippen molar-refractivity contribution in [1.29, 1.82) is 0 Å². The number of nitrogens with zero attached hydrogens (tertiary/aromatic N) is 3. The third-order valence-electron chi connectivity index (χ3n) is 3.81. The van der Waals surface area contributed by atoms with Gasteiger partial charge in [-0.3, -0.25) is 4.79 Å². The van der Waals surface area contributed by atoms with Crippen molar-refractivity contribution in [3.63, 3.8) is 0 Å². The van der Waals surface area contributed by atoms with Crippen molar-refractivity contribution in [3.05, 3.63) is 10.6 Å². The molecule has 1 aliphatic heterocycles. The van der Waals surface area contributed by atoms with Crippen LogP contribution in [0.1, 0.15) is 49.0 Å². The largest absolute Gasteiger partial charge is 0.332 e. The van der Waals surface area contributed by atoms with E-state index in [0.717, 1.165) is 42.9 Å². The topological polar surface area (TPSA) is 58.1 Å².